The lowest BCUT2D eigenvalue weighted by molar-refractivity contribution is 0.0929. The maximum absolute atomic E-state index is 12.6. The van der Waals surface area contributed by atoms with Gasteiger partial charge in [0, 0.05) is 23.6 Å². The highest BCUT2D eigenvalue weighted by molar-refractivity contribution is 6.07. The Morgan fingerprint density at radius 3 is 2.74 bits per heavy atom. The van der Waals surface area contributed by atoms with Crippen molar-refractivity contribution in [2.45, 2.75) is 45.2 Å². The second kappa shape index (κ2) is 7.44. The molecule has 0 aliphatic rings. The van der Waals surface area contributed by atoms with Crippen LogP contribution in [0.5, 0.6) is 0 Å². The van der Waals surface area contributed by atoms with Crippen molar-refractivity contribution in [1.29, 1.82) is 0 Å². The van der Waals surface area contributed by atoms with Crippen LogP contribution in [0, 0.1) is 0 Å². The number of amides is 1. The fraction of sp³-hybridized carbons (Fsp3) is 0.421. The van der Waals surface area contributed by atoms with Gasteiger partial charge in [-0.25, -0.2) is 0 Å². The number of rotatable bonds is 8. The molecule has 0 radical (unpaired) electrons. The molecular formula is C19H25FN2O. The van der Waals surface area contributed by atoms with Gasteiger partial charge in [0.1, 0.15) is 0 Å². The van der Waals surface area contributed by atoms with Gasteiger partial charge in [0.05, 0.1) is 17.8 Å². The minimum atomic E-state index is -0.457. The van der Waals surface area contributed by atoms with E-state index < -0.39 is 5.54 Å². The first-order chi connectivity index (χ1) is 11.0. The highest BCUT2D eigenvalue weighted by atomic mass is 19.1. The van der Waals surface area contributed by atoms with E-state index in [1.165, 1.54) is 0 Å². The van der Waals surface area contributed by atoms with Crippen LogP contribution < -0.4 is 5.32 Å². The molecular weight excluding hydrogens is 291 g/mol. The molecule has 4 heteroatoms. The highest BCUT2D eigenvalue weighted by Crippen LogP contribution is 2.22. The molecule has 2 aromatic rings. The second-order valence-electron chi connectivity index (χ2n) is 6.38. The molecule has 0 bridgehead atoms. The number of carbonyl (C=O) groups excluding carboxylic acids is 1. The number of para-hydroxylation sites is 1. The van der Waals surface area contributed by atoms with Crippen molar-refractivity contribution in [2.24, 2.45) is 0 Å². The van der Waals surface area contributed by atoms with E-state index in [-0.39, 0.29) is 12.6 Å². The Bertz CT molecular complexity index is 688. The number of fused-ring (bicyclic) bond motifs is 1. The molecule has 0 atom stereocenters. The van der Waals surface area contributed by atoms with Gasteiger partial charge in [0.15, 0.2) is 0 Å². The Kier molecular flexibility index (Phi) is 5.59. The summed E-state index contributed by atoms with van der Waals surface area (Å²) >= 11 is 0. The first-order valence-electron chi connectivity index (χ1n) is 8.08. The van der Waals surface area contributed by atoms with Crippen molar-refractivity contribution in [3.05, 3.63) is 48.7 Å². The molecule has 0 aliphatic carbocycles. The largest absolute Gasteiger partial charge is 0.347 e. The molecule has 1 heterocycles. The zero-order valence-electron chi connectivity index (χ0n) is 13.9. The third-order valence-electron chi connectivity index (χ3n) is 4.01. The van der Waals surface area contributed by atoms with Crippen molar-refractivity contribution < 1.29 is 9.18 Å². The maximum atomic E-state index is 12.6. The van der Waals surface area contributed by atoms with E-state index in [0.717, 1.165) is 30.3 Å². The Labute approximate surface area is 137 Å². The Morgan fingerprint density at radius 2 is 2.04 bits per heavy atom. The molecule has 124 valence electrons. The van der Waals surface area contributed by atoms with Gasteiger partial charge in [-0.1, -0.05) is 24.3 Å². The van der Waals surface area contributed by atoms with Crippen molar-refractivity contribution >= 4 is 16.8 Å². The number of benzene rings is 1. The van der Waals surface area contributed by atoms with Gasteiger partial charge < -0.3 is 9.88 Å². The quantitative estimate of drug-likeness (QED) is 0.565. The molecule has 2 rings (SSSR count). The normalized spacial score (nSPS) is 11.6. The zero-order valence-corrected chi connectivity index (χ0v) is 13.9. The lowest BCUT2D eigenvalue weighted by Gasteiger charge is -2.21. The van der Waals surface area contributed by atoms with Gasteiger partial charge in [-0.15, -0.1) is 6.58 Å². The highest BCUT2D eigenvalue weighted by Gasteiger charge is 2.20. The van der Waals surface area contributed by atoms with Crippen LogP contribution in [0.15, 0.2) is 43.1 Å². The van der Waals surface area contributed by atoms with Gasteiger partial charge in [-0.2, -0.15) is 0 Å². The second-order valence-corrected chi connectivity index (χ2v) is 6.38. The van der Waals surface area contributed by atoms with Gasteiger partial charge in [0.2, 0.25) is 0 Å². The van der Waals surface area contributed by atoms with Crippen molar-refractivity contribution in [3.8, 4) is 0 Å². The van der Waals surface area contributed by atoms with Crippen LogP contribution in [-0.4, -0.2) is 22.7 Å². The molecule has 1 aromatic heterocycles. The average Bonchev–Trinajstić information content (AvgIpc) is 2.90. The summed E-state index contributed by atoms with van der Waals surface area (Å²) in [5.41, 5.74) is 1.25. The van der Waals surface area contributed by atoms with E-state index in [0.29, 0.717) is 12.0 Å². The molecule has 23 heavy (non-hydrogen) atoms. The standard InChI is InChI=1S/C19H25FN2O/c1-4-19(2,3)21-18(23)16-14-22(13-9-5-8-12-20)17-11-7-6-10-15(16)17/h4,6-7,10-11,14H,1,5,8-9,12-13H2,2-3H3,(H,21,23). The van der Waals surface area contributed by atoms with Crippen molar-refractivity contribution in [3.63, 3.8) is 0 Å². The molecule has 1 amide bonds. The summed E-state index contributed by atoms with van der Waals surface area (Å²) in [5.74, 6) is -0.103. The smallest absolute Gasteiger partial charge is 0.254 e. The Morgan fingerprint density at radius 1 is 1.30 bits per heavy atom. The third kappa shape index (κ3) is 4.21. The molecule has 0 saturated heterocycles. The fourth-order valence-electron chi connectivity index (χ4n) is 2.58. The first-order valence-corrected chi connectivity index (χ1v) is 8.08. The summed E-state index contributed by atoms with van der Waals surface area (Å²) in [6.07, 6.45) is 5.98. The Balaban J connectivity index is 2.26. The summed E-state index contributed by atoms with van der Waals surface area (Å²) < 4.78 is 14.3. The summed E-state index contributed by atoms with van der Waals surface area (Å²) in [5, 5.41) is 3.92. The summed E-state index contributed by atoms with van der Waals surface area (Å²) in [7, 11) is 0. The van der Waals surface area contributed by atoms with Gasteiger partial charge in [-0.05, 0) is 39.2 Å². The molecule has 1 N–H and O–H groups in total. The number of nitrogens with zero attached hydrogens (tertiary/aromatic N) is 1. The number of alkyl halides is 1. The molecule has 1 aromatic carbocycles. The molecule has 3 nitrogen and oxygen atoms in total. The summed E-state index contributed by atoms with van der Waals surface area (Å²) in [4.78, 5) is 12.6. The molecule has 0 spiro atoms. The van der Waals surface area contributed by atoms with Crippen LogP contribution in [0.25, 0.3) is 10.9 Å². The zero-order chi connectivity index (χ0) is 16.9. The fourth-order valence-corrected chi connectivity index (χ4v) is 2.58. The number of halogens is 1. The number of carbonyl (C=O) groups is 1. The Hall–Kier alpha value is -2.10. The van der Waals surface area contributed by atoms with Gasteiger partial charge in [-0.3, -0.25) is 9.18 Å². The number of nitrogens with one attached hydrogen (secondary N) is 1. The van der Waals surface area contributed by atoms with E-state index in [1.807, 2.05) is 44.3 Å². The number of aromatic nitrogens is 1. The lowest BCUT2D eigenvalue weighted by atomic mass is 10.0. The van der Waals surface area contributed by atoms with E-state index in [2.05, 4.69) is 16.5 Å². The third-order valence-corrected chi connectivity index (χ3v) is 4.01. The number of hydrogen-bond acceptors (Lipinski definition) is 1. The van der Waals surface area contributed by atoms with Crippen molar-refractivity contribution in [1.82, 2.24) is 9.88 Å². The number of hydrogen-bond donors (Lipinski definition) is 1. The predicted octanol–water partition coefficient (Wildman–Crippen LogP) is 4.48. The van der Waals surface area contributed by atoms with Crippen LogP contribution >= 0.6 is 0 Å². The van der Waals surface area contributed by atoms with E-state index in [1.54, 1.807) is 6.08 Å². The molecule has 0 saturated carbocycles. The molecule has 0 unspecified atom stereocenters. The first kappa shape index (κ1) is 17.3. The van der Waals surface area contributed by atoms with Gasteiger partial charge in [0.25, 0.3) is 5.91 Å². The van der Waals surface area contributed by atoms with Gasteiger partial charge >= 0.3 is 0 Å². The summed E-state index contributed by atoms with van der Waals surface area (Å²) in [6.45, 7) is 8.10. The minimum absolute atomic E-state index is 0.103. The monoisotopic (exact) mass is 316 g/mol. The van der Waals surface area contributed by atoms with Crippen LogP contribution in [0.2, 0.25) is 0 Å². The predicted molar refractivity (Wildman–Crippen MR) is 93.5 cm³/mol. The number of unbranched alkanes of at least 4 members (excludes halogenated alkanes) is 2. The minimum Gasteiger partial charge on any atom is -0.347 e. The molecule has 0 aliphatic heterocycles. The van der Waals surface area contributed by atoms with Crippen LogP contribution in [0.4, 0.5) is 4.39 Å². The van der Waals surface area contributed by atoms with Crippen LogP contribution in [-0.2, 0) is 6.54 Å². The SMILES string of the molecule is C=CC(C)(C)NC(=O)c1cn(CCCCCF)c2ccccc12. The van der Waals surface area contributed by atoms with Crippen molar-refractivity contribution in [2.75, 3.05) is 6.67 Å². The molecule has 0 fully saturated rings. The van der Waals surface area contributed by atoms with E-state index in [4.69, 9.17) is 0 Å². The number of aryl methyl sites for hydroxylation is 1. The summed E-state index contributed by atoms with van der Waals surface area (Å²) in [6, 6.07) is 7.88. The lowest BCUT2D eigenvalue weighted by Crippen LogP contribution is -2.41. The van der Waals surface area contributed by atoms with E-state index in [9.17, 15) is 9.18 Å². The van der Waals surface area contributed by atoms with Crippen LogP contribution in [0.1, 0.15) is 43.5 Å². The van der Waals surface area contributed by atoms with Crippen LogP contribution in [0.3, 0.4) is 0 Å². The van der Waals surface area contributed by atoms with E-state index >= 15 is 0 Å². The topological polar surface area (TPSA) is 34.0 Å². The maximum Gasteiger partial charge on any atom is 0.254 e. The average molecular weight is 316 g/mol.